The van der Waals surface area contributed by atoms with E-state index in [1.54, 1.807) is 0 Å². The average Bonchev–Trinajstić information content (AvgIpc) is 3.14. The number of hydrogen-bond acceptors (Lipinski definition) is 4. The van der Waals surface area contributed by atoms with E-state index >= 15 is 0 Å². The van der Waals surface area contributed by atoms with Crippen molar-refractivity contribution < 1.29 is 19.1 Å². The lowest BCUT2D eigenvalue weighted by atomic mass is 9.17. The van der Waals surface area contributed by atoms with Crippen LogP contribution in [0.3, 0.4) is 0 Å². The van der Waals surface area contributed by atoms with Gasteiger partial charge in [-0.2, -0.15) is 0 Å². The Balaban J connectivity index is 1.57. The third-order valence-corrected chi connectivity index (χ3v) is 9.16. The van der Waals surface area contributed by atoms with Gasteiger partial charge in [-0.05, 0) is 47.9 Å². The van der Waals surface area contributed by atoms with Crippen molar-refractivity contribution in [1.82, 2.24) is 0 Å². The Bertz CT molecular complexity index is 1040. The quantitative estimate of drug-likeness (QED) is 0.725. The zero-order valence-corrected chi connectivity index (χ0v) is 17.1. The molecule has 4 atom stereocenters. The molecular weight excluding hydrogens is 376 g/mol. The topological polar surface area (TPSA) is 52.6 Å². The molecule has 4 unspecified atom stereocenters. The first-order valence-corrected chi connectivity index (χ1v) is 11.2. The van der Waals surface area contributed by atoms with E-state index in [2.05, 4.69) is 48.5 Å². The van der Waals surface area contributed by atoms with Crippen LogP contribution in [0.25, 0.3) is 0 Å². The molecule has 152 valence electrons. The van der Waals surface area contributed by atoms with Gasteiger partial charge in [0.25, 0.3) is 0 Å². The van der Waals surface area contributed by atoms with Crippen LogP contribution in [-0.4, -0.2) is 25.2 Å². The maximum absolute atomic E-state index is 13.6. The third-order valence-electron chi connectivity index (χ3n) is 9.16. The molecule has 4 nitrogen and oxygen atoms in total. The zero-order chi connectivity index (χ0) is 20.4. The van der Waals surface area contributed by atoms with Gasteiger partial charge in [0.2, 0.25) is 0 Å². The molecule has 0 saturated heterocycles. The molecule has 0 spiro atoms. The highest BCUT2D eigenvalue weighted by molar-refractivity contribution is 5.97. The summed E-state index contributed by atoms with van der Waals surface area (Å²) in [7, 11) is 0. The van der Waals surface area contributed by atoms with Crippen LogP contribution < -0.4 is 0 Å². The van der Waals surface area contributed by atoms with E-state index in [0.717, 1.165) is 0 Å². The predicted octanol–water partition coefficient (Wildman–Crippen LogP) is 4.12. The third kappa shape index (κ3) is 1.36. The van der Waals surface area contributed by atoms with Crippen LogP contribution >= 0.6 is 0 Å². The summed E-state index contributed by atoms with van der Waals surface area (Å²) < 4.78 is 11.4. The maximum atomic E-state index is 13.6. The standard InChI is InChI=1S/C26H24O4/c1-3-29-23(27)25-19-15-11-7-8-12-16(15)20-18-14-10-6-5-9-13(14)17(19)21(25)26(20,22(18)25)24(28)30-4-2/h5-12,17-22H,3-4H2,1-2H3. The van der Waals surface area contributed by atoms with Crippen molar-refractivity contribution in [1.29, 1.82) is 0 Å². The zero-order valence-electron chi connectivity index (χ0n) is 17.1. The van der Waals surface area contributed by atoms with Gasteiger partial charge in [0.1, 0.15) is 0 Å². The normalized spacial score (nSPS) is 41.8. The van der Waals surface area contributed by atoms with Gasteiger partial charge in [0, 0.05) is 23.7 Å². The van der Waals surface area contributed by atoms with E-state index in [1.165, 1.54) is 22.3 Å². The highest BCUT2D eigenvalue weighted by Gasteiger charge is 2.99. The van der Waals surface area contributed by atoms with Crippen molar-refractivity contribution in [3.8, 4) is 0 Å². The Morgan fingerprint density at radius 3 is 1.43 bits per heavy atom. The van der Waals surface area contributed by atoms with Crippen LogP contribution in [0.2, 0.25) is 0 Å². The Hall–Kier alpha value is -2.62. The van der Waals surface area contributed by atoms with Crippen LogP contribution in [0, 0.1) is 22.7 Å². The number of hydrogen-bond donors (Lipinski definition) is 0. The summed E-state index contributed by atoms with van der Waals surface area (Å²) in [6, 6.07) is 17.2. The highest BCUT2D eigenvalue weighted by atomic mass is 16.5. The van der Waals surface area contributed by atoms with Gasteiger partial charge in [-0.1, -0.05) is 48.5 Å². The van der Waals surface area contributed by atoms with Crippen LogP contribution in [0.5, 0.6) is 0 Å². The Kier molecular flexibility index (Phi) is 2.94. The lowest BCUT2D eigenvalue weighted by molar-refractivity contribution is -0.334. The molecule has 3 saturated carbocycles. The van der Waals surface area contributed by atoms with E-state index in [1.807, 2.05) is 13.8 Å². The minimum atomic E-state index is -0.597. The smallest absolute Gasteiger partial charge is 0.313 e. The van der Waals surface area contributed by atoms with Crippen molar-refractivity contribution in [2.45, 2.75) is 37.5 Å². The largest absolute Gasteiger partial charge is 0.466 e. The molecule has 4 heteroatoms. The molecule has 0 radical (unpaired) electrons. The lowest BCUT2D eigenvalue weighted by Gasteiger charge is -2.82. The number of carbonyl (C=O) groups excluding carboxylic acids is 2. The molecule has 11 rings (SSSR count). The summed E-state index contributed by atoms with van der Waals surface area (Å²) in [5.41, 5.74) is 3.98. The van der Waals surface area contributed by atoms with Gasteiger partial charge in [-0.15, -0.1) is 0 Å². The minimum Gasteiger partial charge on any atom is -0.466 e. The second kappa shape index (κ2) is 5.16. The van der Waals surface area contributed by atoms with E-state index in [0.29, 0.717) is 13.2 Å². The van der Waals surface area contributed by atoms with Gasteiger partial charge in [-0.3, -0.25) is 9.59 Å². The number of rotatable bonds is 4. The molecule has 0 aliphatic heterocycles. The molecule has 8 bridgehead atoms. The number of esters is 2. The van der Waals surface area contributed by atoms with E-state index in [9.17, 15) is 9.59 Å². The number of ether oxygens (including phenoxy) is 2. The summed E-state index contributed by atoms with van der Waals surface area (Å²) in [4.78, 5) is 27.2. The van der Waals surface area contributed by atoms with E-state index in [-0.39, 0.29) is 47.4 Å². The molecule has 2 aromatic rings. The van der Waals surface area contributed by atoms with Crippen LogP contribution in [-0.2, 0) is 19.1 Å². The Morgan fingerprint density at radius 1 is 0.700 bits per heavy atom. The second-order valence-corrected chi connectivity index (χ2v) is 9.53. The van der Waals surface area contributed by atoms with Crippen molar-refractivity contribution >= 4 is 11.9 Å². The van der Waals surface area contributed by atoms with Crippen LogP contribution in [0.15, 0.2) is 48.5 Å². The first-order chi connectivity index (χ1) is 14.7. The SMILES string of the molecule is CCOC(=O)C12C3c4ccccc4C4C5c6ccccc6C3C1C4(C(=O)OCC)C52. The molecule has 3 fully saturated rings. The molecule has 30 heavy (non-hydrogen) atoms. The van der Waals surface area contributed by atoms with Gasteiger partial charge < -0.3 is 9.47 Å². The Labute approximate surface area is 175 Å². The molecule has 0 aromatic heterocycles. The number of benzene rings is 2. The average molecular weight is 400 g/mol. The van der Waals surface area contributed by atoms with Crippen LogP contribution in [0.4, 0.5) is 0 Å². The Morgan fingerprint density at radius 2 is 1.07 bits per heavy atom. The first-order valence-electron chi connectivity index (χ1n) is 11.2. The highest BCUT2D eigenvalue weighted by Crippen LogP contribution is 2.98. The van der Waals surface area contributed by atoms with E-state index < -0.39 is 10.8 Å². The molecule has 9 aliphatic carbocycles. The first kappa shape index (κ1) is 17.1. The van der Waals surface area contributed by atoms with Crippen LogP contribution in [0.1, 0.15) is 59.8 Å². The molecule has 0 heterocycles. The van der Waals surface area contributed by atoms with Gasteiger partial charge in [-0.25, -0.2) is 0 Å². The molecular formula is C26H24O4. The van der Waals surface area contributed by atoms with Crippen molar-refractivity contribution in [2.24, 2.45) is 22.7 Å². The molecule has 0 amide bonds. The van der Waals surface area contributed by atoms with Gasteiger partial charge >= 0.3 is 11.9 Å². The lowest BCUT2D eigenvalue weighted by Crippen LogP contribution is -2.86. The fourth-order valence-electron chi connectivity index (χ4n) is 8.87. The molecule has 0 N–H and O–H groups in total. The summed E-state index contributed by atoms with van der Waals surface area (Å²) in [5, 5.41) is 0. The number of carbonyl (C=O) groups is 2. The summed E-state index contributed by atoms with van der Waals surface area (Å²) in [5.74, 6) is 0.247. The summed E-state index contributed by atoms with van der Waals surface area (Å²) in [6.45, 7) is 4.48. The maximum Gasteiger partial charge on any atom is 0.313 e. The molecule has 2 aromatic carbocycles. The monoisotopic (exact) mass is 400 g/mol. The predicted molar refractivity (Wildman–Crippen MR) is 109 cm³/mol. The van der Waals surface area contributed by atoms with Crippen molar-refractivity contribution in [3.63, 3.8) is 0 Å². The van der Waals surface area contributed by atoms with Crippen molar-refractivity contribution in [3.05, 3.63) is 70.8 Å². The second-order valence-electron chi connectivity index (χ2n) is 9.53. The molecule has 9 aliphatic rings. The summed E-state index contributed by atoms with van der Waals surface area (Å²) in [6.07, 6.45) is 0. The van der Waals surface area contributed by atoms with Gasteiger partial charge in [0.15, 0.2) is 0 Å². The minimum absolute atomic E-state index is 0.0320. The fourth-order valence-corrected chi connectivity index (χ4v) is 8.87. The van der Waals surface area contributed by atoms with Crippen molar-refractivity contribution in [2.75, 3.05) is 13.2 Å². The fraction of sp³-hybridized carbons (Fsp3) is 0.462. The van der Waals surface area contributed by atoms with Gasteiger partial charge in [0.05, 0.1) is 24.0 Å². The summed E-state index contributed by atoms with van der Waals surface area (Å²) >= 11 is 0. The van der Waals surface area contributed by atoms with E-state index in [4.69, 9.17) is 9.47 Å².